The molecule has 2 aromatic rings. The zero-order chi connectivity index (χ0) is 15.4. The highest BCUT2D eigenvalue weighted by Gasteiger charge is 2.20. The number of fused-ring (bicyclic) bond motifs is 1. The van der Waals surface area contributed by atoms with Crippen molar-refractivity contribution in [2.45, 2.75) is 13.0 Å². The number of hydrogen-bond acceptors (Lipinski definition) is 4. The number of benzene rings is 1. The van der Waals surface area contributed by atoms with Crippen molar-refractivity contribution in [3.8, 4) is 12.3 Å². The predicted octanol–water partition coefficient (Wildman–Crippen LogP) is 1.87. The van der Waals surface area contributed by atoms with Crippen LogP contribution in [-0.2, 0) is 6.61 Å². The second-order valence-corrected chi connectivity index (χ2v) is 5.60. The van der Waals surface area contributed by atoms with Crippen LogP contribution in [0.15, 0.2) is 30.3 Å². The van der Waals surface area contributed by atoms with Gasteiger partial charge in [-0.1, -0.05) is 18.2 Å². The Labute approximate surface area is 131 Å². The maximum absolute atomic E-state index is 9.68. The highest BCUT2D eigenvalue weighted by Crippen LogP contribution is 2.24. The molecule has 1 saturated heterocycles. The molecule has 0 atom stereocenters. The van der Waals surface area contributed by atoms with Gasteiger partial charge in [0.05, 0.1) is 12.1 Å². The molecule has 1 N–H and O–H groups in total. The van der Waals surface area contributed by atoms with Gasteiger partial charge < -0.3 is 10.0 Å². The van der Waals surface area contributed by atoms with Crippen LogP contribution < -0.4 is 4.90 Å². The largest absolute Gasteiger partial charge is 0.392 e. The third-order valence-corrected chi connectivity index (χ3v) is 4.19. The minimum atomic E-state index is 0.0183. The molecule has 1 aliphatic heterocycles. The molecule has 4 nitrogen and oxygen atoms in total. The van der Waals surface area contributed by atoms with Gasteiger partial charge in [0.2, 0.25) is 0 Å². The van der Waals surface area contributed by atoms with E-state index in [9.17, 15) is 5.11 Å². The SMILES string of the molecule is C#CCCN1CCN(c2nc3ccccc3cc2CO)CC1. The molecule has 0 radical (unpaired) electrons. The Morgan fingerprint density at radius 2 is 1.95 bits per heavy atom. The Hall–Kier alpha value is -2.09. The monoisotopic (exact) mass is 295 g/mol. The molecule has 114 valence electrons. The number of hydrogen-bond donors (Lipinski definition) is 1. The number of pyridine rings is 1. The van der Waals surface area contributed by atoms with E-state index in [2.05, 4.69) is 15.7 Å². The van der Waals surface area contributed by atoms with Gasteiger partial charge in [-0.25, -0.2) is 4.98 Å². The molecule has 4 heteroatoms. The van der Waals surface area contributed by atoms with Crippen molar-refractivity contribution in [2.24, 2.45) is 0 Å². The third-order valence-electron chi connectivity index (χ3n) is 4.19. The summed E-state index contributed by atoms with van der Waals surface area (Å²) in [6.45, 7) is 4.79. The van der Waals surface area contributed by atoms with Crippen molar-refractivity contribution >= 4 is 16.7 Å². The van der Waals surface area contributed by atoms with Crippen LogP contribution in [0.1, 0.15) is 12.0 Å². The Kier molecular flexibility index (Phi) is 4.57. The molecule has 1 aromatic carbocycles. The van der Waals surface area contributed by atoms with Crippen LogP contribution in [0.4, 0.5) is 5.82 Å². The van der Waals surface area contributed by atoms with Gasteiger partial charge >= 0.3 is 0 Å². The molecule has 0 aliphatic carbocycles. The first-order valence-electron chi connectivity index (χ1n) is 7.72. The average Bonchev–Trinajstić information content (AvgIpc) is 2.59. The second kappa shape index (κ2) is 6.78. The molecule has 1 aromatic heterocycles. The predicted molar refractivity (Wildman–Crippen MR) is 89.8 cm³/mol. The van der Waals surface area contributed by atoms with Gasteiger partial charge in [0.1, 0.15) is 5.82 Å². The molecular weight excluding hydrogens is 274 g/mol. The number of anilines is 1. The van der Waals surface area contributed by atoms with Crippen molar-refractivity contribution in [3.63, 3.8) is 0 Å². The van der Waals surface area contributed by atoms with Gasteiger partial charge in [-0.3, -0.25) is 4.90 Å². The summed E-state index contributed by atoms with van der Waals surface area (Å²) in [4.78, 5) is 9.43. The minimum absolute atomic E-state index is 0.0183. The van der Waals surface area contributed by atoms with E-state index in [1.165, 1.54) is 0 Å². The maximum atomic E-state index is 9.68. The van der Waals surface area contributed by atoms with Crippen LogP contribution in [0, 0.1) is 12.3 Å². The summed E-state index contributed by atoms with van der Waals surface area (Å²) in [6.07, 6.45) is 6.13. The molecule has 0 bridgehead atoms. The van der Waals surface area contributed by atoms with Crippen LogP contribution in [0.2, 0.25) is 0 Å². The smallest absolute Gasteiger partial charge is 0.134 e. The van der Waals surface area contributed by atoms with Crippen molar-refractivity contribution in [3.05, 3.63) is 35.9 Å². The average molecular weight is 295 g/mol. The quantitative estimate of drug-likeness (QED) is 0.874. The van der Waals surface area contributed by atoms with Crippen LogP contribution >= 0.6 is 0 Å². The van der Waals surface area contributed by atoms with Crippen LogP contribution in [-0.4, -0.2) is 47.7 Å². The molecule has 0 unspecified atom stereocenters. The first kappa shape index (κ1) is 14.8. The summed E-state index contributed by atoms with van der Waals surface area (Å²) in [7, 11) is 0. The highest BCUT2D eigenvalue weighted by molar-refractivity contribution is 5.81. The van der Waals surface area contributed by atoms with E-state index in [-0.39, 0.29) is 6.61 Å². The first-order chi connectivity index (χ1) is 10.8. The summed E-state index contributed by atoms with van der Waals surface area (Å²) in [5, 5.41) is 10.7. The lowest BCUT2D eigenvalue weighted by Crippen LogP contribution is -2.47. The summed E-state index contributed by atoms with van der Waals surface area (Å²) >= 11 is 0. The van der Waals surface area contributed by atoms with E-state index in [0.29, 0.717) is 0 Å². The Balaban J connectivity index is 1.80. The maximum Gasteiger partial charge on any atom is 0.134 e. The fourth-order valence-corrected chi connectivity index (χ4v) is 2.95. The first-order valence-corrected chi connectivity index (χ1v) is 7.72. The van der Waals surface area contributed by atoms with E-state index in [1.54, 1.807) is 0 Å². The standard InChI is InChI=1S/C18H21N3O/c1-2-3-8-20-9-11-21(12-10-20)18-16(14-22)13-15-6-4-5-7-17(15)19-18/h1,4-7,13,22H,3,8-12,14H2. The number of aromatic nitrogens is 1. The topological polar surface area (TPSA) is 39.6 Å². The van der Waals surface area contributed by atoms with Crippen molar-refractivity contribution in [1.82, 2.24) is 9.88 Å². The molecule has 0 spiro atoms. The lowest BCUT2D eigenvalue weighted by Gasteiger charge is -2.36. The van der Waals surface area contributed by atoms with Gasteiger partial charge in [-0.05, 0) is 12.1 Å². The van der Waals surface area contributed by atoms with Gasteiger partial charge in [0.15, 0.2) is 0 Å². The summed E-state index contributed by atoms with van der Waals surface area (Å²) in [5.41, 5.74) is 1.88. The molecule has 3 rings (SSSR count). The summed E-state index contributed by atoms with van der Waals surface area (Å²) in [6, 6.07) is 10.1. The highest BCUT2D eigenvalue weighted by atomic mass is 16.3. The zero-order valence-corrected chi connectivity index (χ0v) is 12.7. The summed E-state index contributed by atoms with van der Waals surface area (Å²) in [5.74, 6) is 3.61. The van der Waals surface area contributed by atoms with E-state index in [1.807, 2.05) is 30.3 Å². The third kappa shape index (κ3) is 3.06. The Bertz CT molecular complexity index is 684. The number of rotatable bonds is 4. The fourth-order valence-electron chi connectivity index (χ4n) is 2.95. The minimum Gasteiger partial charge on any atom is -0.392 e. The van der Waals surface area contributed by atoms with Gasteiger partial charge in [-0.2, -0.15) is 0 Å². The molecule has 1 fully saturated rings. The number of para-hydroxylation sites is 1. The summed E-state index contributed by atoms with van der Waals surface area (Å²) < 4.78 is 0. The molecular formula is C18H21N3O. The molecule has 2 heterocycles. The number of aliphatic hydroxyl groups is 1. The number of nitrogens with zero attached hydrogens (tertiary/aromatic N) is 3. The van der Waals surface area contributed by atoms with Crippen molar-refractivity contribution in [1.29, 1.82) is 0 Å². The van der Waals surface area contributed by atoms with Crippen LogP contribution in [0.3, 0.4) is 0 Å². The number of terminal acetylenes is 1. The van der Waals surface area contributed by atoms with E-state index in [0.717, 1.165) is 61.4 Å². The normalized spacial score (nSPS) is 15.9. The van der Waals surface area contributed by atoms with E-state index >= 15 is 0 Å². The molecule has 22 heavy (non-hydrogen) atoms. The lowest BCUT2D eigenvalue weighted by molar-refractivity contribution is 0.260. The molecule has 1 aliphatic rings. The molecule has 0 amide bonds. The second-order valence-electron chi connectivity index (χ2n) is 5.60. The molecule has 0 saturated carbocycles. The van der Waals surface area contributed by atoms with Gasteiger partial charge in [-0.15, -0.1) is 12.3 Å². The number of aliphatic hydroxyl groups excluding tert-OH is 1. The van der Waals surface area contributed by atoms with Crippen molar-refractivity contribution in [2.75, 3.05) is 37.6 Å². The van der Waals surface area contributed by atoms with E-state index < -0.39 is 0 Å². The van der Waals surface area contributed by atoms with E-state index in [4.69, 9.17) is 11.4 Å². The Morgan fingerprint density at radius 3 is 2.68 bits per heavy atom. The lowest BCUT2D eigenvalue weighted by atomic mass is 10.1. The number of piperazine rings is 1. The van der Waals surface area contributed by atoms with Gasteiger partial charge in [0, 0.05) is 50.1 Å². The van der Waals surface area contributed by atoms with Crippen LogP contribution in [0.25, 0.3) is 10.9 Å². The Morgan fingerprint density at radius 1 is 1.18 bits per heavy atom. The zero-order valence-electron chi connectivity index (χ0n) is 12.7. The van der Waals surface area contributed by atoms with Gasteiger partial charge in [0.25, 0.3) is 0 Å². The van der Waals surface area contributed by atoms with Crippen LogP contribution in [0.5, 0.6) is 0 Å². The van der Waals surface area contributed by atoms with Crippen molar-refractivity contribution < 1.29 is 5.11 Å². The fraction of sp³-hybridized carbons (Fsp3) is 0.389.